The normalized spacial score (nSPS) is 20.2. The molecule has 7 nitrogen and oxygen atoms in total. The first kappa shape index (κ1) is 24.8. The van der Waals surface area contributed by atoms with E-state index in [-0.39, 0.29) is 24.9 Å². The van der Waals surface area contributed by atoms with Crippen molar-refractivity contribution in [2.75, 3.05) is 13.2 Å². The maximum absolute atomic E-state index is 13.1. The van der Waals surface area contributed by atoms with Crippen molar-refractivity contribution in [2.24, 2.45) is 5.41 Å². The molecular formula is C28H34N2O5. The third-order valence-electron chi connectivity index (χ3n) is 7.46. The number of carboxylic acids is 1. The van der Waals surface area contributed by atoms with Gasteiger partial charge in [0.15, 0.2) is 0 Å². The second kappa shape index (κ2) is 9.36. The minimum absolute atomic E-state index is 0.0105. The predicted molar refractivity (Wildman–Crippen MR) is 133 cm³/mol. The molecule has 186 valence electrons. The number of fused-ring (bicyclic) bond motifs is 3. The predicted octanol–water partition coefficient (Wildman–Crippen LogP) is 4.80. The number of rotatable bonds is 6. The number of alkyl carbamates (subject to hydrolysis) is 1. The van der Waals surface area contributed by atoms with Crippen molar-refractivity contribution < 1.29 is 24.2 Å². The van der Waals surface area contributed by atoms with Gasteiger partial charge in [0.05, 0.1) is 0 Å². The molecule has 0 bridgehead atoms. The maximum atomic E-state index is 13.1. The maximum Gasteiger partial charge on any atom is 0.407 e. The van der Waals surface area contributed by atoms with Crippen LogP contribution in [0.3, 0.4) is 0 Å². The number of benzene rings is 2. The molecule has 35 heavy (non-hydrogen) atoms. The first-order chi connectivity index (χ1) is 16.5. The van der Waals surface area contributed by atoms with Crippen molar-refractivity contribution in [1.82, 2.24) is 10.2 Å². The van der Waals surface area contributed by atoms with Crippen LogP contribution in [0.1, 0.15) is 64.0 Å². The lowest BCUT2D eigenvalue weighted by Gasteiger charge is -2.35. The van der Waals surface area contributed by atoms with E-state index in [1.165, 1.54) is 4.90 Å². The monoisotopic (exact) mass is 478 g/mol. The van der Waals surface area contributed by atoms with E-state index in [9.17, 15) is 19.5 Å². The van der Waals surface area contributed by atoms with Crippen LogP contribution in [0, 0.1) is 5.41 Å². The Morgan fingerprint density at radius 1 is 1.09 bits per heavy atom. The fourth-order valence-electron chi connectivity index (χ4n) is 5.23. The number of hydrogen-bond acceptors (Lipinski definition) is 4. The molecule has 1 saturated heterocycles. The summed E-state index contributed by atoms with van der Waals surface area (Å²) in [6.45, 7) is 8.00. The van der Waals surface area contributed by atoms with Gasteiger partial charge < -0.3 is 20.1 Å². The van der Waals surface area contributed by atoms with Crippen LogP contribution in [0.2, 0.25) is 0 Å². The van der Waals surface area contributed by atoms with Crippen molar-refractivity contribution in [2.45, 2.75) is 64.5 Å². The highest BCUT2D eigenvalue weighted by atomic mass is 16.5. The highest BCUT2D eigenvalue weighted by Crippen LogP contribution is 2.44. The molecular weight excluding hydrogens is 444 g/mol. The minimum atomic E-state index is -1.21. The molecule has 2 aromatic carbocycles. The second-order valence-corrected chi connectivity index (χ2v) is 10.8. The molecule has 4 rings (SSSR count). The Bertz CT molecular complexity index is 1090. The van der Waals surface area contributed by atoms with Gasteiger partial charge in [-0.1, -0.05) is 69.3 Å². The minimum Gasteiger partial charge on any atom is -0.480 e. The Morgan fingerprint density at radius 3 is 2.20 bits per heavy atom. The average molecular weight is 479 g/mol. The molecule has 0 aromatic heterocycles. The summed E-state index contributed by atoms with van der Waals surface area (Å²) < 4.78 is 5.68. The number of likely N-dealkylation sites (tertiary alicyclic amines) is 1. The zero-order chi connectivity index (χ0) is 25.4. The molecule has 0 spiro atoms. The van der Waals surface area contributed by atoms with Crippen molar-refractivity contribution in [3.05, 3.63) is 59.7 Å². The highest BCUT2D eigenvalue weighted by molar-refractivity contribution is 5.88. The quantitative estimate of drug-likeness (QED) is 0.622. The summed E-state index contributed by atoms with van der Waals surface area (Å²) in [5.74, 6) is -1.32. The molecule has 0 saturated carbocycles. The van der Waals surface area contributed by atoms with Gasteiger partial charge in [-0.2, -0.15) is 0 Å². The Kier molecular flexibility index (Phi) is 6.62. The lowest BCUT2D eigenvalue weighted by molar-refractivity contribution is -0.155. The number of carbonyl (C=O) groups is 3. The lowest BCUT2D eigenvalue weighted by Crippen LogP contribution is -2.54. The zero-order valence-electron chi connectivity index (χ0n) is 20.8. The van der Waals surface area contributed by atoms with Crippen LogP contribution in [-0.4, -0.2) is 52.7 Å². The average Bonchev–Trinajstić information content (AvgIpc) is 3.36. The highest BCUT2D eigenvalue weighted by Gasteiger charge is 2.46. The zero-order valence-corrected chi connectivity index (χ0v) is 20.8. The van der Waals surface area contributed by atoms with Gasteiger partial charge in [0.1, 0.15) is 12.1 Å². The molecule has 1 unspecified atom stereocenters. The van der Waals surface area contributed by atoms with E-state index >= 15 is 0 Å². The first-order valence-electron chi connectivity index (χ1n) is 12.2. The smallest absolute Gasteiger partial charge is 0.407 e. The standard InChI is InChI=1S/C28H34N2O5/c1-27(2,3)23(16-24(31)30-15-9-14-28(30,4)25(32)33)29-26(34)35-17-22-20-12-7-5-10-18(20)19-11-6-8-13-21(19)22/h5-8,10-13,22-23H,9,14-17H2,1-4H3,(H,29,34)(H,32,33)/t23?,28-/m0/s1. The largest absolute Gasteiger partial charge is 0.480 e. The van der Waals surface area contributed by atoms with E-state index in [2.05, 4.69) is 29.6 Å². The fourth-order valence-corrected chi connectivity index (χ4v) is 5.23. The molecule has 1 aliphatic carbocycles. The molecule has 2 aliphatic rings. The number of amides is 2. The summed E-state index contributed by atoms with van der Waals surface area (Å²) in [6, 6.07) is 15.8. The molecule has 2 aromatic rings. The number of ether oxygens (including phenoxy) is 1. The van der Waals surface area contributed by atoms with Crippen LogP contribution in [0.15, 0.2) is 48.5 Å². The summed E-state index contributed by atoms with van der Waals surface area (Å²) in [5.41, 5.74) is 2.94. The Balaban J connectivity index is 1.43. The Morgan fingerprint density at radius 2 is 1.66 bits per heavy atom. The summed E-state index contributed by atoms with van der Waals surface area (Å²) >= 11 is 0. The van der Waals surface area contributed by atoms with Gasteiger partial charge in [0.25, 0.3) is 0 Å². The summed E-state index contributed by atoms with van der Waals surface area (Å²) in [5, 5.41) is 12.5. The molecule has 1 fully saturated rings. The molecule has 2 N–H and O–H groups in total. The van der Waals surface area contributed by atoms with Crippen molar-refractivity contribution in [3.63, 3.8) is 0 Å². The topological polar surface area (TPSA) is 95.9 Å². The van der Waals surface area contributed by atoms with Crippen LogP contribution in [0.4, 0.5) is 4.79 Å². The Hall–Kier alpha value is -3.35. The number of nitrogens with one attached hydrogen (secondary N) is 1. The summed E-state index contributed by atoms with van der Waals surface area (Å²) in [7, 11) is 0. The Labute approximate surface area is 206 Å². The second-order valence-electron chi connectivity index (χ2n) is 10.8. The van der Waals surface area contributed by atoms with E-state index < -0.39 is 29.1 Å². The van der Waals surface area contributed by atoms with Crippen LogP contribution in [0.25, 0.3) is 11.1 Å². The van der Waals surface area contributed by atoms with Gasteiger partial charge in [-0.05, 0) is 47.4 Å². The first-order valence-corrected chi connectivity index (χ1v) is 12.2. The van der Waals surface area contributed by atoms with E-state index in [1.807, 2.05) is 45.0 Å². The number of hydrogen-bond donors (Lipinski definition) is 2. The van der Waals surface area contributed by atoms with E-state index in [4.69, 9.17) is 4.74 Å². The fraction of sp³-hybridized carbons (Fsp3) is 0.464. The van der Waals surface area contributed by atoms with Gasteiger partial charge >= 0.3 is 12.1 Å². The third kappa shape index (κ3) is 4.77. The number of nitrogens with zero attached hydrogens (tertiary/aromatic N) is 1. The van der Waals surface area contributed by atoms with Crippen molar-refractivity contribution in [1.29, 1.82) is 0 Å². The number of carbonyl (C=O) groups excluding carboxylic acids is 2. The molecule has 1 aliphatic heterocycles. The number of aliphatic carboxylic acids is 1. The van der Waals surface area contributed by atoms with E-state index in [0.717, 1.165) is 22.3 Å². The van der Waals surface area contributed by atoms with Gasteiger partial charge in [0.2, 0.25) is 5.91 Å². The molecule has 2 amide bonds. The number of carboxylic acid groups (broad SMARTS) is 1. The SMILES string of the molecule is CC(C)(C)C(CC(=O)N1CCC[C@@]1(C)C(=O)O)NC(=O)OCC1c2ccccc2-c2ccccc21. The van der Waals surface area contributed by atoms with Gasteiger partial charge in [-0.15, -0.1) is 0 Å². The third-order valence-corrected chi connectivity index (χ3v) is 7.46. The van der Waals surface area contributed by atoms with Crippen molar-refractivity contribution >= 4 is 18.0 Å². The van der Waals surface area contributed by atoms with Gasteiger partial charge in [0, 0.05) is 24.9 Å². The molecule has 0 radical (unpaired) electrons. The van der Waals surface area contributed by atoms with Crippen LogP contribution < -0.4 is 5.32 Å². The van der Waals surface area contributed by atoms with E-state index in [0.29, 0.717) is 19.4 Å². The molecule has 1 heterocycles. The summed E-state index contributed by atoms with van der Waals surface area (Å²) in [6.07, 6.45) is 0.501. The van der Waals surface area contributed by atoms with E-state index in [1.54, 1.807) is 6.92 Å². The van der Waals surface area contributed by atoms with Crippen LogP contribution in [-0.2, 0) is 14.3 Å². The van der Waals surface area contributed by atoms with Crippen LogP contribution in [0.5, 0.6) is 0 Å². The van der Waals surface area contributed by atoms with Crippen molar-refractivity contribution in [3.8, 4) is 11.1 Å². The van der Waals surface area contributed by atoms with Gasteiger partial charge in [-0.25, -0.2) is 9.59 Å². The summed E-state index contributed by atoms with van der Waals surface area (Å²) in [4.78, 5) is 39.2. The lowest BCUT2D eigenvalue weighted by atomic mass is 9.84. The molecule has 7 heteroatoms. The molecule has 2 atom stereocenters. The van der Waals surface area contributed by atoms with Gasteiger partial charge in [-0.3, -0.25) is 4.79 Å². The van der Waals surface area contributed by atoms with Crippen LogP contribution >= 0.6 is 0 Å².